The molecule has 0 amide bonds. The number of hydrogen-bond donors (Lipinski definition) is 0. The summed E-state index contributed by atoms with van der Waals surface area (Å²) in [5, 5.41) is 0.656. The number of rotatable bonds is 3. The van der Waals surface area contributed by atoms with Crippen molar-refractivity contribution in [1.82, 2.24) is 4.90 Å². The standard InChI is InChI=1S/C21H21NO3/c1-15-20(23)18-13-16(14-22-9-11-24-12-10-22)7-8-19(18)25-21(15)17-5-3-2-4-6-17/h2-8,13H,9-12,14H2,1H3. The fourth-order valence-corrected chi connectivity index (χ4v) is 3.32. The molecule has 25 heavy (non-hydrogen) atoms. The molecule has 0 bridgehead atoms. The molecule has 4 nitrogen and oxygen atoms in total. The second-order valence-corrected chi connectivity index (χ2v) is 6.47. The molecular formula is C21H21NO3. The Hall–Kier alpha value is -2.43. The summed E-state index contributed by atoms with van der Waals surface area (Å²) in [6, 6.07) is 15.7. The monoisotopic (exact) mass is 335 g/mol. The van der Waals surface area contributed by atoms with Crippen molar-refractivity contribution in [2.24, 2.45) is 0 Å². The van der Waals surface area contributed by atoms with Gasteiger partial charge in [0, 0.05) is 30.8 Å². The molecule has 128 valence electrons. The molecule has 0 N–H and O–H groups in total. The van der Waals surface area contributed by atoms with Gasteiger partial charge in [-0.05, 0) is 24.6 Å². The van der Waals surface area contributed by atoms with E-state index in [1.54, 1.807) is 0 Å². The predicted molar refractivity (Wildman–Crippen MR) is 98.8 cm³/mol. The van der Waals surface area contributed by atoms with Crippen molar-refractivity contribution in [3.63, 3.8) is 0 Å². The molecule has 0 aliphatic carbocycles. The highest BCUT2D eigenvalue weighted by Crippen LogP contribution is 2.26. The first-order chi connectivity index (χ1) is 12.2. The normalized spacial score (nSPS) is 15.6. The third kappa shape index (κ3) is 3.23. The Kier molecular flexibility index (Phi) is 4.38. The van der Waals surface area contributed by atoms with E-state index in [2.05, 4.69) is 4.90 Å². The summed E-state index contributed by atoms with van der Waals surface area (Å²) >= 11 is 0. The molecule has 2 heterocycles. The first kappa shape index (κ1) is 16.1. The van der Waals surface area contributed by atoms with Gasteiger partial charge < -0.3 is 9.15 Å². The molecule has 4 rings (SSSR count). The summed E-state index contributed by atoms with van der Waals surface area (Å²) in [5.41, 5.74) is 3.40. The van der Waals surface area contributed by atoms with Crippen LogP contribution in [0.3, 0.4) is 0 Å². The van der Waals surface area contributed by atoms with Crippen molar-refractivity contribution in [1.29, 1.82) is 0 Å². The minimum absolute atomic E-state index is 0.0453. The van der Waals surface area contributed by atoms with E-state index in [-0.39, 0.29) is 5.43 Å². The molecule has 0 spiro atoms. The average molecular weight is 335 g/mol. The molecule has 1 fully saturated rings. The summed E-state index contributed by atoms with van der Waals surface area (Å²) in [6.45, 7) is 6.07. The van der Waals surface area contributed by atoms with Crippen LogP contribution in [0, 0.1) is 6.92 Å². The second-order valence-electron chi connectivity index (χ2n) is 6.47. The maximum atomic E-state index is 12.9. The first-order valence-electron chi connectivity index (χ1n) is 8.64. The van der Waals surface area contributed by atoms with Crippen LogP contribution in [0.5, 0.6) is 0 Å². The Bertz CT molecular complexity index is 941. The number of benzene rings is 2. The van der Waals surface area contributed by atoms with Crippen LogP contribution in [-0.2, 0) is 11.3 Å². The summed E-state index contributed by atoms with van der Waals surface area (Å²) in [5.74, 6) is 0.652. The van der Waals surface area contributed by atoms with Crippen LogP contribution in [-0.4, -0.2) is 31.2 Å². The molecule has 0 atom stereocenters. The van der Waals surface area contributed by atoms with Crippen molar-refractivity contribution in [2.75, 3.05) is 26.3 Å². The van der Waals surface area contributed by atoms with Crippen LogP contribution < -0.4 is 5.43 Å². The highest BCUT2D eigenvalue weighted by molar-refractivity contribution is 5.81. The molecule has 2 aromatic carbocycles. The van der Waals surface area contributed by atoms with Gasteiger partial charge >= 0.3 is 0 Å². The lowest BCUT2D eigenvalue weighted by Gasteiger charge is -2.26. The van der Waals surface area contributed by atoms with Crippen molar-refractivity contribution >= 4 is 11.0 Å². The fourth-order valence-electron chi connectivity index (χ4n) is 3.32. The molecule has 1 saturated heterocycles. The maximum Gasteiger partial charge on any atom is 0.196 e. The van der Waals surface area contributed by atoms with Crippen LogP contribution in [0.25, 0.3) is 22.3 Å². The Labute approximate surface area is 146 Å². The van der Waals surface area contributed by atoms with E-state index in [9.17, 15) is 4.79 Å². The Morgan fingerprint density at radius 2 is 1.80 bits per heavy atom. The summed E-state index contributed by atoms with van der Waals surface area (Å²) in [4.78, 5) is 15.2. The van der Waals surface area contributed by atoms with Gasteiger partial charge in [-0.25, -0.2) is 0 Å². The zero-order valence-electron chi connectivity index (χ0n) is 14.3. The summed E-state index contributed by atoms with van der Waals surface area (Å²) in [6.07, 6.45) is 0. The quantitative estimate of drug-likeness (QED) is 0.733. The largest absolute Gasteiger partial charge is 0.456 e. The lowest BCUT2D eigenvalue weighted by atomic mass is 10.0. The number of ether oxygens (including phenoxy) is 1. The third-order valence-electron chi connectivity index (χ3n) is 4.73. The lowest BCUT2D eigenvalue weighted by molar-refractivity contribution is 0.0342. The van der Waals surface area contributed by atoms with E-state index in [0.29, 0.717) is 22.3 Å². The molecule has 3 aromatic rings. The molecule has 0 radical (unpaired) electrons. The van der Waals surface area contributed by atoms with Gasteiger partial charge in [0.25, 0.3) is 0 Å². The highest BCUT2D eigenvalue weighted by atomic mass is 16.5. The molecule has 1 aliphatic heterocycles. The lowest BCUT2D eigenvalue weighted by Crippen LogP contribution is -2.35. The molecule has 1 aromatic heterocycles. The van der Waals surface area contributed by atoms with Gasteiger partial charge in [0.2, 0.25) is 0 Å². The highest BCUT2D eigenvalue weighted by Gasteiger charge is 2.15. The van der Waals surface area contributed by atoms with Crippen molar-refractivity contribution in [3.8, 4) is 11.3 Å². The van der Waals surface area contributed by atoms with E-state index in [0.717, 1.165) is 44.0 Å². The topological polar surface area (TPSA) is 42.7 Å². The van der Waals surface area contributed by atoms with E-state index in [1.165, 1.54) is 0 Å². The summed E-state index contributed by atoms with van der Waals surface area (Å²) in [7, 11) is 0. The van der Waals surface area contributed by atoms with Crippen LogP contribution in [0.2, 0.25) is 0 Å². The number of nitrogens with zero attached hydrogens (tertiary/aromatic N) is 1. The molecule has 0 saturated carbocycles. The predicted octanol–water partition coefficient (Wildman–Crippen LogP) is 3.60. The molecule has 4 heteroatoms. The summed E-state index contributed by atoms with van der Waals surface area (Å²) < 4.78 is 11.5. The van der Waals surface area contributed by atoms with Crippen molar-refractivity contribution in [2.45, 2.75) is 13.5 Å². The average Bonchev–Trinajstić information content (AvgIpc) is 2.66. The van der Waals surface area contributed by atoms with Gasteiger partial charge in [-0.15, -0.1) is 0 Å². The molecule has 1 aliphatic rings. The second kappa shape index (κ2) is 6.82. The number of morpholine rings is 1. The minimum Gasteiger partial charge on any atom is -0.456 e. The van der Waals surface area contributed by atoms with E-state index >= 15 is 0 Å². The van der Waals surface area contributed by atoms with Gasteiger partial charge in [-0.1, -0.05) is 36.4 Å². The van der Waals surface area contributed by atoms with Gasteiger partial charge in [0.15, 0.2) is 5.43 Å². The van der Waals surface area contributed by atoms with Crippen molar-refractivity contribution < 1.29 is 9.15 Å². The van der Waals surface area contributed by atoms with E-state index < -0.39 is 0 Å². The Morgan fingerprint density at radius 3 is 2.56 bits per heavy atom. The Balaban J connectivity index is 1.73. The molecule has 0 unspecified atom stereocenters. The maximum absolute atomic E-state index is 12.9. The van der Waals surface area contributed by atoms with Gasteiger partial charge in [-0.2, -0.15) is 0 Å². The minimum atomic E-state index is 0.0453. The van der Waals surface area contributed by atoms with Gasteiger partial charge in [0.05, 0.1) is 18.6 Å². The Morgan fingerprint density at radius 1 is 1.04 bits per heavy atom. The third-order valence-corrected chi connectivity index (χ3v) is 4.73. The first-order valence-corrected chi connectivity index (χ1v) is 8.64. The van der Waals surface area contributed by atoms with Gasteiger partial charge in [0.1, 0.15) is 11.3 Å². The van der Waals surface area contributed by atoms with Crippen LogP contribution in [0.1, 0.15) is 11.1 Å². The van der Waals surface area contributed by atoms with Gasteiger partial charge in [-0.3, -0.25) is 9.69 Å². The fraction of sp³-hybridized carbons (Fsp3) is 0.286. The van der Waals surface area contributed by atoms with Crippen LogP contribution in [0.4, 0.5) is 0 Å². The number of fused-ring (bicyclic) bond motifs is 1. The SMILES string of the molecule is Cc1c(-c2ccccc2)oc2ccc(CN3CCOCC3)cc2c1=O. The zero-order chi connectivity index (χ0) is 17.2. The van der Waals surface area contributed by atoms with Crippen molar-refractivity contribution in [3.05, 3.63) is 69.9 Å². The van der Waals surface area contributed by atoms with E-state index in [1.807, 2.05) is 55.5 Å². The molecular weight excluding hydrogens is 314 g/mol. The van der Waals surface area contributed by atoms with Crippen LogP contribution >= 0.6 is 0 Å². The van der Waals surface area contributed by atoms with E-state index in [4.69, 9.17) is 9.15 Å². The number of hydrogen-bond acceptors (Lipinski definition) is 4. The van der Waals surface area contributed by atoms with Crippen LogP contribution in [0.15, 0.2) is 57.7 Å². The smallest absolute Gasteiger partial charge is 0.196 e. The zero-order valence-corrected chi connectivity index (χ0v) is 14.3.